The molecule has 1 aliphatic heterocycles. The van der Waals surface area contributed by atoms with E-state index >= 15 is 0 Å². The van der Waals surface area contributed by atoms with Gasteiger partial charge in [0.15, 0.2) is 0 Å². The van der Waals surface area contributed by atoms with Crippen LogP contribution in [0.25, 0.3) is 10.8 Å². The zero-order valence-corrected chi connectivity index (χ0v) is 22.6. The third-order valence-corrected chi connectivity index (χ3v) is 7.36. The predicted octanol–water partition coefficient (Wildman–Crippen LogP) is 6.22. The number of carbonyl (C=O) groups excluding carboxylic acids is 3. The molecule has 37 heavy (non-hydrogen) atoms. The number of nitrogens with zero attached hydrogens (tertiary/aromatic N) is 2. The normalized spacial score (nSPS) is 13.2. The number of amides is 3. The zero-order valence-electron chi connectivity index (χ0n) is 21.1. The van der Waals surface area contributed by atoms with E-state index in [1.54, 1.807) is 34.9 Å². The van der Waals surface area contributed by atoms with E-state index < -0.39 is 6.04 Å². The first kappa shape index (κ1) is 27.0. The van der Waals surface area contributed by atoms with E-state index in [1.807, 2.05) is 36.4 Å². The Morgan fingerprint density at radius 3 is 2.54 bits per heavy atom. The molecule has 6 nitrogen and oxygen atoms in total. The topological polar surface area (TPSA) is 69.7 Å². The van der Waals surface area contributed by atoms with Crippen molar-refractivity contribution in [3.8, 4) is 0 Å². The van der Waals surface area contributed by atoms with Gasteiger partial charge in [-0.15, -0.1) is 0 Å². The van der Waals surface area contributed by atoms with Gasteiger partial charge in [0.2, 0.25) is 11.8 Å². The third-order valence-electron chi connectivity index (χ3n) is 6.77. The summed E-state index contributed by atoms with van der Waals surface area (Å²) in [5, 5.41) is 5.84. The van der Waals surface area contributed by atoms with Gasteiger partial charge in [-0.2, -0.15) is 0 Å². The Hall–Kier alpha value is -3.09. The third kappa shape index (κ3) is 5.91. The van der Waals surface area contributed by atoms with Gasteiger partial charge in [-0.05, 0) is 55.0 Å². The van der Waals surface area contributed by atoms with Crippen LogP contribution in [-0.4, -0.2) is 41.8 Å². The average molecular weight is 540 g/mol. The first-order valence-electron chi connectivity index (χ1n) is 12.7. The molecule has 1 atom stereocenters. The van der Waals surface area contributed by atoms with E-state index in [-0.39, 0.29) is 30.7 Å². The smallest absolute Gasteiger partial charge is 0.258 e. The van der Waals surface area contributed by atoms with Crippen molar-refractivity contribution in [1.82, 2.24) is 10.2 Å². The number of halogens is 2. The summed E-state index contributed by atoms with van der Waals surface area (Å²) in [6.45, 7) is 4.94. The van der Waals surface area contributed by atoms with Gasteiger partial charge >= 0.3 is 0 Å². The predicted molar refractivity (Wildman–Crippen MR) is 149 cm³/mol. The van der Waals surface area contributed by atoms with Gasteiger partial charge in [0, 0.05) is 47.1 Å². The van der Waals surface area contributed by atoms with Gasteiger partial charge in [0.1, 0.15) is 6.04 Å². The second-order valence-corrected chi connectivity index (χ2v) is 10.2. The summed E-state index contributed by atoms with van der Waals surface area (Å²) in [5.74, 6) is -0.428. The molecule has 0 aromatic heterocycles. The molecule has 4 rings (SSSR count). The highest BCUT2D eigenvalue weighted by Crippen LogP contribution is 2.37. The summed E-state index contributed by atoms with van der Waals surface area (Å²) >= 11 is 12.4. The van der Waals surface area contributed by atoms with Crippen molar-refractivity contribution in [2.45, 2.75) is 52.1 Å². The largest absolute Gasteiger partial charge is 0.354 e. The molecular formula is C29H31Cl2N3O3. The highest BCUT2D eigenvalue weighted by atomic mass is 35.5. The highest BCUT2D eigenvalue weighted by molar-refractivity contribution is 6.35. The molecule has 0 radical (unpaired) electrons. The summed E-state index contributed by atoms with van der Waals surface area (Å²) in [6.07, 6.45) is 2.48. The summed E-state index contributed by atoms with van der Waals surface area (Å²) in [7, 11) is 0. The molecule has 3 aromatic carbocycles. The number of benzene rings is 3. The molecule has 1 aliphatic rings. The lowest BCUT2D eigenvalue weighted by Crippen LogP contribution is -2.48. The summed E-state index contributed by atoms with van der Waals surface area (Å²) < 4.78 is 0. The molecule has 0 spiro atoms. The van der Waals surface area contributed by atoms with E-state index in [0.29, 0.717) is 40.7 Å². The van der Waals surface area contributed by atoms with Crippen LogP contribution < -0.4 is 10.2 Å². The van der Waals surface area contributed by atoms with Crippen LogP contribution in [0, 0.1) is 0 Å². The minimum Gasteiger partial charge on any atom is -0.354 e. The number of nitrogens with one attached hydrogen (secondary N) is 1. The van der Waals surface area contributed by atoms with Gasteiger partial charge in [-0.25, -0.2) is 0 Å². The van der Waals surface area contributed by atoms with Crippen LogP contribution in [-0.2, 0) is 16.1 Å². The molecule has 0 aliphatic carbocycles. The number of anilines is 1. The van der Waals surface area contributed by atoms with Gasteiger partial charge < -0.3 is 15.1 Å². The molecule has 0 saturated heterocycles. The quantitative estimate of drug-likeness (QED) is 0.294. The second-order valence-electron chi connectivity index (χ2n) is 9.32. The van der Waals surface area contributed by atoms with Crippen LogP contribution in [0.4, 0.5) is 5.69 Å². The van der Waals surface area contributed by atoms with Crippen molar-refractivity contribution in [2.24, 2.45) is 0 Å². The number of hydrogen-bond donors (Lipinski definition) is 1. The molecule has 1 N–H and O–H groups in total. The van der Waals surface area contributed by atoms with Crippen LogP contribution in [0.2, 0.25) is 10.0 Å². The lowest BCUT2D eigenvalue weighted by Gasteiger charge is -2.29. The van der Waals surface area contributed by atoms with Gasteiger partial charge in [0.05, 0.1) is 5.69 Å². The Morgan fingerprint density at radius 1 is 1.05 bits per heavy atom. The van der Waals surface area contributed by atoms with Crippen LogP contribution in [0.15, 0.2) is 54.6 Å². The van der Waals surface area contributed by atoms with Crippen LogP contribution in [0.3, 0.4) is 0 Å². The summed E-state index contributed by atoms with van der Waals surface area (Å²) in [4.78, 5) is 42.6. The second kappa shape index (κ2) is 12.0. The van der Waals surface area contributed by atoms with Crippen molar-refractivity contribution >= 4 is 57.4 Å². The summed E-state index contributed by atoms with van der Waals surface area (Å²) in [5.41, 5.74) is 2.28. The number of hydrogen-bond acceptors (Lipinski definition) is 3. The molecule has 0 unspecified atom stereocenters. The Morgan fingerprint density at radius 2 is 1.81 bits per heavy atom. The van der Waals surface area contributed by atoms with Crippen molar-refractivity contribution < 1.29 is 14.4 Å². The van der Waals surface area contributed by atoms with Crippen molar-refractivity contribution in [1.29, 1.82) is 0 Å². The molecule has 0 bridgehead atoms. The fourth-order valence-electron chi connectivity index (χ4n) is 4.69. The molecule has 3 amide bonds. The molecule has 0 fully saturated rings. The number of rotatable bonds is 11. The fourth-order valence-corrected chi connectivity index (χ4v) is 5.15. The van der Waals surface area contributed by atoms with E-state index in [2.05, 4.69) is 12.2 Å². The van der Waals surface area contributed by atoms with E-state index in [4.69, 9.17) is 23.2 Å². The molecule has 194 valence electrons. The Kier molecular flexibility index (Phi) is 8.72. The molecular weight excluding hydrogens is 509 g/mol. The summed E-state index contributed by atoms with van der Waals surface area (Å²) in [6, 6.07) is 16.0. The lowest BCUT2D eigenvalue weighted by atomic mass is 10.1. The standard InChI is InChI=1S/C29H31Cl2N3O3/c1-3-4-15-32-28(36)19(2)34(18-21-13-14-22(30)17-24(21)31)26(35)12-7-16-33-25-11-6-9-20-8-5-10-23(27(20)25)29(33)37/h5-6,8-11,13-14,17,19H,3-4,7,12,15-16,18H2,1-2H3,(H,32,36)/t19-/m1/s1. The maximum Gasteiger partial charge on any atom is 0.258 e. The van der Waals surface area contributed by atoms with Crippen LogP contribution in [0.1, 0.15) is 55.5 Å². The van der Waals surface area contributed by atoms with Gasteiger partial charge in [0.25, 0.3) is 5.91 Å². The number of carbonyl (C=O) groups is 3. The molecule has 3 aromatic rings. The Balaban J connectivity index is 1.46. The van der Waals surface area contributed by atoms with E-state index in [0.717, 1.165) is 29.3 Å². The average Bonchev–Trinajstić information content (AvgIpc) is 3.16. The first-order valence-corrected chi connectivity index (χ1v) is 13.4. The van der Waals surface area contributed by atoms with Crippen molar-refractivity contribution in [3.63, 3.8) is 0 Å². The Labute approximate surface area is 227 Å². The van der Waals surface area contributed by atoms with E-state index in [1.165, 1.54) is 0 Å². The molecule has 0 saturated carbocycles. The molecule has 8 heteroatoms. The van der Waals surface area contributed by atoms with Crippen molar-refractivity contribution in [3.05, 3.63) is 75.8 Å². The van der Waals surface area contributed by atoms with Gasteiger partial charge in [-0.3, -0.25) is 14.4 Å². The fraction of sp³-hybridized carbons (Fsp3) is 0.345. The van der Waals surface area contributed by atoms with Gasteiger partial charge in [-0.1, -0.05) is 66.9 Å². The lowest BCUT2D eigenvalue weighted by molar-refractivity contribution is -0.140. The number of unbranched alkanes of at least 4 members (excludes halogenated alkanes) is 1. The zero-order chi connectivity index (χ0) is 26.5. The minimum atomic E-state index is -0.678. The van der Waals surface area contributed by atoms with Crippen molar-refractivity contribution in [2.75, 3.05) is 18.0 Å². The maximum atomic E-state index is 13.4. The maximum absolute atomic E-state index is 13.4. The SMILES string of the molecule is CCCCNC(=O)[C@@H](C)N(Cc1ccc(Cl)cc1Cl)C(=O)CCCN1C(=O)c2cccc3cccc1c23. The monoisotopic (exact) mass is 539 g/mol. The van der Waals surface area contributed by atoms with Crippen LogP contribution >= 0.6 is 23.2 Å². The highest BCUT2D eigenvalue weighted by Gasteiger charge is 2.30. The minimum absolute atomic E-state index is 0.0484. The Bertz CT molecular complexity index is 1320. The van der Waals surface area contributed by atoms with Crippen LogP contribution in [0.5, 0.6) is 0 Å². The first-order chi connectivity index (χ1) is 17.8. The molecule has 1 heterocycles. The van der Waals surface area contributed by atoms with E-state index in [9.17, 15) is 14.4 Å².